The Labute approximate surface area is 110 Å². The zero-order chi connectivity index (χ0) is 13.2. The average Bonchev–Trinajstić information content (AvgIpc) is 2.82. The van der Waals surface area contributed by atoms with Crippen LogP contribution in [0.2, 0.25) is 0 Å². The minimum absolute atomic E-state index is 0.578. The Hall–Kier alpha value is -2.56. The van der Waals surface area contributed by atoms with Crippen LogP contribution >= 0.6 is 0 Å². The van der Waals surface area contributed by atoms with Crippen LogP contribution in [0.15, 0.2) is 41.1 Å². The number of fused-ring (bicyclic) bond motifs is 1. The fourth-order valence-electron chi connectivity index (χ4n) is 1.97. The van der Waals surface area contributed by atoms with Crippen LogP contribution in [-0.4, -0.2) is 9.97 Å². The summed E-state index contributed by atoms with van der Waals surface area (Å²) in [5.41, 5.74) is 7.36. The number of aryl methyl sites for hydroxylation is 1. The molecule has 0 saturated carbocycles. The Bertz CT molecular complexity index is 720. The Morgan fingerprint density at radius 1 is 1.21 bits per heavy atom. The van der Waals surface area contributed by atoms with E-state index in [1.165, 1.54) is 6.33 Å². The highest BCUT2D eigenvalue weighted by Crippen LogP contribution is 2.22. The molecule has 0 amide bonds. The summed E-state index contributed by atoms with van der Waals surface area (Å²) < 4.78 is 5.51. The van der Waals surface area contributed by atoms with E-state index in [2.05, 4.69) is 15.3 Å². The van der Waals surface area contributed by atoms with Gasteiger partial charge in [-0.25, -0.2) is 9.97 Å². The summed E-state index contributed by atoms with van der Waals surface area (Å²) in [4.78, 5) is 8.46. The number of nitrogen functional groups attached to an aromatic ring is 1. The van der Waals surface area contributed by atoms with E-state index in [1.54, 1.807) is 0 Å². The maximum absolute atomic E-state index is 5.80. The first kappa shape index (κ1) is 11.5. The molecule has 3 N–H and O–H groups in total. The van der Waals surface area contributed by atoms with E-state index >= 15 is 0 Å². The molecule has 0 aliphatic carbocycles. The summed E-state index contributed by atoms with van der Waals surface area (Å²) in [5, 5.41) is 4.15. The summed E-state index contributed by atoms with van der Waals surface area (Å²) in [7, 11) is 0. The van der Waals surface area contributed by atoms with Crippen molar-refractivity contribution >= 4 is 22.4 Å². The first-order chi connectivity index (χ1) is 9.22. The van der Waals surface area contributed by atoms with Crippen molar-refractivity contribution in [1.82, 2.24) is 9.97 Å². The second-order valence-corrected chi connectivity index (χ2v) is 4.36. The first-order valence-corrected chi connectivity index (χ1v) is 6.02. The van der Waals surface area contributed by atoms with Crippen LogP contribution in [0, 0.1) is 6.92 Å². The number of benzene rings is 1. The topological polar surface area (TPSA) is 77.0 Å². The molecule has 0 atom stereocenters. The maximum atomic E-state index is 5.80. The van der Waals surface area contributed by atoms with E-state index in [9.17, 15) is 0 Å². The molecule has 0 bridgehead atoms. The van der Waals surface area contributed by atoms with Gasteiger partial charge in [0.1, 0.15) is 23.7 Å². The van der Waals surface area contributed by atoms with Crippen LogP contribution in [0.4, 0.5) is 11.5 Å². The number of anilines is 2. The average molecular weight is 254 g/mol. The number of nitrogens with two attached hydrogens (primary N) is 1. The predicted octanol–water partition coefficient (Wildman–Crippen LogP) is 2.73. The Morgan fingerprint density at radius 3 is 2.89 bits per heavy atom. The molecule has 3 aromatic rings. The van der Waals surface area contributed by atoms with Crippen molar-refractivity contribution in [2.45, 2.75) is 13.5 Å². The van der Waals surface area contributed by atoms with Gasteiger partial charge >= 0.3 is 0 Å². The van der Waals surface area contributed by atoms with Crippen molar-refractivity contribution in [1.29, 1.82) is 0 Å². The number of furan rings is 1. The van der Waals surface area contributed by atoms with E-state index in [4.69, 9.17) is 10.2 Å². The zero-order valence-corrected chi connectivity index (χ0v) is 10.6. The minimum atomic E-state index is 0.578. The van der Waals surface area contributed by atoms with Crippen LogP contribution in [0.5, 0.6) is 0 Å². The molecule has 5 nitrogen and oxygen atoms in total. The van der Waals surface area contributed by atoms with Crippen molar-refractivity contribution in [3.05, 3.63) is 48.2 Å². The van der Waals surface area contributed by atoms with E-state index in [0.717, 1.165) is 28.2 Å². The normalized spacial score (nSPS) is 10.8. The highest BCUT2D eigenvalue weighted by molar-refractivity contribution is 5.91. The van der Waals surface area contributed by atoms with Crippen molar-refractivity contribution in [3.63, 3.8) is 0 Å². The molecular formula is C14H14N4O. The lowest BCUT2D eigenvalue weighted by Gasteiger charge is -2.07. The van der Waals surface area contributed by atoms with E-state index < -0.39 is 0 Å². The molecule has 2 aromatic heterocycles. The molecule has 3 rings (SSSR count). The highest BCUT2D eigenvalue weighted by Gasteiger charge is 2.05. The van der Waals surface area contributed by atoms with Crippen LogP contribution in [0.1, 0.15) is 11.5 Å². The van der Waals surface area contributed by atoms with Crippen LogP contribution < -0.4 is 11.1 Å². The Morgan fingerprint density at radius 2 is 2.11 bits per heavy atom. The fraction of sp³-hybridized carbons (Fsp3) is 0.143. The van der Waals surface area contributed by atoms with Crippen molar-refractivity contribution in [3.8, 4) is 0 Å². The van der Waals surface area contributed by atoms with Gasteiger partial charge in [-0.05, 0) is 37.3 Å². The summed E-state index contributed by atoms with van der Waals surface area (Å²) in [6.45, 7) is 2.50. The van der Waals surface area contributed by atoms with Crippen molar-refractivity contribution < 1.29 is 4.42 Å². The SMILES string of the molecule is Cc1ccc(CNc2ncnc3ccc(N)cc23)o1. The number of hydrogen-bond donors (Lipinski definition) is 2. The largest absolute Gasteiger partial charge is 0.465 e. The Balaban J connectivity index is 1.90. The van der Waals surface area contributed by atoms with Gasteiger partial charge in [0.15, 0.2) is 0 Å². The number of nitrogens with zero attached hydrogens (tertiary/aromatic N) is 2. The first-order valence-electron chi connectivity index (χ1n) is 6.02. The maximum Gasteiger partial charge on any atom is 0.137 e. The zero-order valence-electron chi connectivity index (χ0n) is 10.6. The summed E-state index contributed by atoms with van der Waals surface area (Å²) in [6, 6.07) is 9.46. The lowest BCUT2D eigenvalue weighted by atomic mass is 10.2. The van der Waals surface area contributed by atoms with Gasteiger partial charge in [0.2, 0.25) is 0 Å². The number of rotatable bonds is 3. The second kappa shape index (κ2) is 4.61. The van der Waals surface area contributed by atoms with Crippen molar-refractivity contribution in [2.24, 2.45) is 0 Å². The van der Waals surface area contributed by atoms with Crippen LogP contribution in [0.25, 0.3) is 10.9 Å². The molecule has 2 heterocycles. The molecule has 0 saturated heterocycles. The van der Waals surface area contributed by atoms with Crippen LogP contribution in [0.3, 0.4) is 0 Å². The van der Waals surface area contributed by atoms with E-state index in [0.29, 0.717) is 12.2 Å². The lowest BCUT2D eigenvalue weighted by Crippen LogP contribution is -2.02. The number of aromatic nitrogens is 2. The fourth-order valence-corrected chi connectivity index (χ4v) is 1.97. The summed E-state index contributed by atoms with van der Waals surface area (Å²) in [6.07, 6.45) is 1.54. The second-order valence-electron chi connectivity index (χ2n) is 4.36. The van der Waals surface area contributed by atoms with Gasteiger partial charge in [-0.3, -0.25) is 0 Å². The number of nitrogens with one attached hydrogen (secondary N) is 1. The Kier molecular flexibility index (Phi) is 2.79. The predicted molar refractivity (Wildman–Crippen MR) is 74.7 cm³/mol. The highest BCUT2D eigenvalue weighted by atomic mass is 16.3. The molecule has 96 valence electrons. The molecule has 0 spiro atoms. The van der Waals surface area contributed by atoms with Gasteiger partial charge in [-0.1, -0.05) is 0 Å². The van der Waals surface area contributed by atoms with Gasteiger partial charge < -0.3 is 15.5 Å². The quantitative estimate of drug-likeness (QED) is 0.703. The molecule has 0 aliphatic rings. The third-order valence-corrected chi connectivity index (χ3v) is 2.89. The third kappa shape index (κ3) is 2.35. The molecule has 0 aliphatic heterocycles. The molecule has 5 heteroatoms. The molecule has 19 heavy (non-hydrogen) atoms. The summed E-state index contributed by atoms with van der Waals surface area (Å²) >= 11 is 0. The molecule has 1 aromatic carbocycles. The molecular weight excluding hydrogens is 240 g/mol. The summed E-state index contributed by atoms with van der Waals surface area (Å²) in [5.74, 6) is 2.52. The van der Waals surface area contributed by atoms with E-state index in [1.807, 2.05) is 37.3 Å². The van der Waals surface area contributed by atoms with Crippen molar-refractivity contribution in [2.75, 3.05) is 11.1 Å². The van der Waals surface area contributed by atoms with Gasteiger partial charge in [-0.2, -0.15) is 0 Å². The van der Waals surface area contributed by atoms with Gasteiger partial charge in [0, 0.05) is 11.1 Å². The molecule has 0 fully saturated rings. The molecule has 0 unspecified atom stereocenters. The molecule has 0 radical (unpaired) electrons. The smallest absolute Gasteiger partial charge is 0.137 e. The van der Waals surface area contributed by atoms with E-state index in [-0.39, 0.29) is 0 Å². The lowest BCUT2D eigenvalue weighted by molar-refractivity contribution is 0.490. The van der Waals surface area contributed by atoms with Gasteiger partial charge in [-0.15, -0.1) is 0 Å². The van der Waals surface area contributed by atoms with Gasteiger partial charge in [0.25, 0.3) is 0 Å². The number of hydrogen-bond acceptors (Lipinski definition) is 5. The monoisotopic (exact) mass is 254 g/mol. The minimum Gasteiger partial charge on any atom is -0.465 e. The third-order valence-electron chi connectivity index (χ3n) is 2.89. The van der Waals surface area contributed by atoms with Gasteiger partial charge in [0.05, 0.1) is 12.1 Å². The van der Waals surface area contributed by atoms with Crippen LogP contribution in [-0.2, 0) is 6.54 Å². The standard InChI is InChI=1S/C14H14N4O/c1-9-2-4-11(19-9)7-16-14-12-6-10(15)3-5-13(12)17-8-18-14/h2-6,8H,7,15H2,1H3,(H,16,17,18).